The van der Waals surface area contributed by atoms with Crippen LogP contribution in [0.1, 0.15) is 73.1 Å². The number of carbonyl (C=O) groups excluding carboxylic acids is 1. The van der Waals surface area contributed by atoms with Gasteiger partial charge in [0.05, 0.1) is 34.7 Å². The van der Waals surface area contributed by atoms with E-state index in [0.717, 1.165) is 41.7 Å². The van der Waals surface area contributed by atoms with Crippen LogP contribution in [0.15, 0.2) is 156 Å². The van der Waals surface area contributed by atoms with Gasteiger partial charge in [0, 0.05) is 78.7 Å². The number of benzene rings is 5. The van der Waals surface area contributed by atoms with Gasteiger partial charge < -0.3 is 43.6 Å². The summed E-state index contributed by atoms with van der Waals surface area (Å²) in [6, 6.07) is 32.6. The highest BCUT2D eigenvalue weighted by atomic mass is 32.2. The van der Waals surface area contributed by atoms with Crippen LogP contribution >= 0.6 is 11.8 Å². The molecule has 2 aliphatic heterocycles. The van der Waals surface area contributed by atoms with Gasteiger partial charge in [-0.25, -0.2) is 0 Å². The van der Waals surface area contributed by atoms with E-state index in [1.807, 2.05) is 42.5 Å². The molecule has 1 amide bonds. The maximum Gasteiger partial charge on any atom is 0.269 e. The Morgan fingerprint density at radius 1 is 0.844 bits per heavy atom. The molecule has 1 saturated carbocycles. The minimum atomic E-state index is -1.61. The van der Waals surface area contributed by atoms with Crippen LogP contribution in [0.4, 0.5) is 11.4 Å². The summed E-state index contributed by atoms with van der Waals surface area (Å²) in [7, 11) is 0. The lowest BCUT2D eigenvalue weighted by Crippen LogP contribution is -2.70. The quantitative estimate of drug-likeness (QED) is 0.0132. The number of thioether (sulfide) groups is 1. The van der Waals surface area contributed by atoms with E-state index in [1.54, 1.807) is 59.1 Å². The van der Waals surface area contributed by atoms with Crippen LogP contribution in [0.2, 0.25) is 0 Å². The molecule has 2 heterocycles. The predicted octanol–water partition coefficient (Wildman–Crippen LogP) is 11.0. The molecule has 2 aliphatic carbocycles. The number of aliphatic hydroxyl groups excluding tert-OH is 2. The molecule has 0 aromatic heterocycles. The van der Waals surface area contributed by atoms with Gasteiger partial charge >= 0.3 is 0 Å². The summed E-state index contributed by atoms with van der Waals surface area (Å²) in [6.07, 6.45) is 11.1. The number of nitrogens with zero attached hydrogens (tertiary/aromatic N) is 4. The number of aliphatic hydroxyl groups is 2. The van der Waals surface area contributed by atoms with Gasteiger partial charge in [-0.05, 0) is 133 Å². The van der Waals surface area contributed by atoms with Gasteiger partial charge in [-0.1, -0.05) is 54.4 Å². The Kier molecular flexibility index (Phi) is 18.0. The lowest BCUT2D eigenvalue weighted by atomic mass is 9.55. The Morgan fingerprint density at radius 2 is 1.55 bits per heavy atom. The average molecular weight is 1070 g/mol. The largest absolute Gasteiger partial charge is 0.493 e. The van der Waals surface area contributed by atoms with Gasteiger partial charge in [0.25, 0.3) is 11.4 Å². The van der Waals surface area contributed by atoms with Gasteiger partial charge in [-0.2, -0.15) is 0 Å². The van der Waals surface area contributed by atoms with Crippen molar-refractivity contribution < 1.29 is 53.4 Å². The smallest absolute Gasteiger partial charge is 0.269 e. The molecular formula is C59H62N4O13S. The monoisotopic (exact) mass is 1070 g/mol. The van der Waals surface area contributed by atoms with Gasteiger partial charge in [0.1, 0.15) is 24.1 Å². The summed E-state index contributed by atoms with van der Waals surface area (Å²) in [5.41, 5.74) is 4.04. The first-order valence-corrected chi connectivity index (χ1v) is 26.9. The standard InChI is InChI=1S/C59H62N4O13S/c1-2-30-74-59-55(61(37-42-18-25-53-54(33-42)73-39-72-53)56(66)27-19-40-14-20-44(21-15-40)62(67)68)36-51(60-75-38-41-16-22-45(23-17-41)63(69)70)49-34-43(10-6-8-28-64)48(13-7-9-29-65)57(58(49)59)50-35-46(24-26-52(50)76-59)71-31-32-77-47-11-4-3-5-12-47/h2-5,11-12,14-27,33-35,43,48,55,57-58,64-65H,1,6-10,13,28-32,36-39H2/t43-,48+,55-,57+,58+,59+/m0/s1. The van der Waals surface area contributed by atoms with Crippen molar-refractivity contribution in [2.24, 2.45) is 22.9 Å². The molecule has 0 spiro atoms. The zero-order valence-corrected chi connectivity index (χ0v) is 43.4. The highest BCUT2D eigenvalue weighted by Gasteiger charge is 2.65. The molecule has 18 heteroatoms. The number of hydrogen-bond donors (Lipinski definition) is 2. The fraction of sp³-hybridized carbons (Fsp3) is 0.356. The van der Waals surface area contributed by atoms with Crippen LogP contribution < -0.4 is 18.9 Å². The Bertz CT molecular complexity index is 2970. The van der Waals surface area contributed by atoms with Crippen molar-refractivity contribution in [3.63, 3.8) is 0 Å². The fourth-order valence-corrected chi connectivity index (χ4v) is 11.8. The Hall–Kier alpha value is -7.51. The van der Waals surface area contributed by atoms with Gasteiger partial charge in [-0.15, -0.1) is 18.3 Å². The molecule has 77 heavy (non-hydrogen) atoms. The SMILES string of the molecule is C=CCO[C@@]12Oc3ccc(OCCSc4ccccc4)cc3[C@H]3[C@H](CCCCO)[C@@H](CCCCO)C=C(C(=NOCc4ccc([N+](=O)[O-])cc4)C[C@@H]1N(Cc1ccc4c(c1)OCO4)C(=O)C=Cc1ccc([N+](=O)[O-])cc1)[C@H]32. The fourth-order valence-electron chi connectivity index (χ4n) is 11.0. The summed E-state index contributed by atoms with van der Waals surface area (Å²) in [5, 5.41) is 48.2. The zero-order chi connectivity index (χ0) is 53.7. The molecule has 5 aromatic carbocycles. The van der Waals surface area contributed by atoms with Crippen LogP contribution in [0.3, 0.4) is 0 Å². The predicted molar refractivity (Wildman–Crippen MR) is 291 cm³/mol. The highest BCUT2D eigenvalue weighted by molar-refractivity contribution is 7.99. The van der Waals surface area contributed by atoms with Crippen molar-refractivity contribution in [1.29, 1.82) is 0 Å². The normalized spacial score (nSPS) is 21.4. The molecule has 17 nitrogen and oxygen atoms in total. The van der Waals surface area contributed by atoms with Gasteiger partial charge in [0.2, 0.25) is 18.5 Å². The topological polar surface area (TPSA) is 215 Å². The van der Waals surface area contributed by atoms with E-state index in [0.29, 0.717) is 70.6 Å². The molecule has 0 saturated heterocycles. The van der Waals surface area contributed by atoms with E-state index in [1.165, 1.54) is 30.3 Å². The molecule has 2 N–H and O–H groups in total. The summed E-state index contributed by atoms with van der Waals surface area (Å²) < 4.78 is 32.7. The lowest BCUT2D eigenvalue weighted by Gasteiger charge is -2.60. The first-order chi connectivity index (χ1) is 37.6. The second-order valence-electron chi connectivity index (χ2n) is 19.3. The van der Waals surface area contributed by atoms with Crippen molar-refractivity contribution in [3.05, 3.63) is 188 Å². The molecule has 1 fully saturated rings. The number of ether oxygens (including phenoxy) is 5. The third-order valence-corrected chi connectivity index (χ3v) is 15.5. The Labute approximate surface area is 451 Å². The van der Waals surface area contributed by atoms with E-state index < -0.39 is 33.5 Å². The number of hydrogen-bond acceptors (Lipinski definition) is 15. The third-order valence-electron chi connectivity index (χ3n) is 14.5. The number of fused-ring (bicyclic) bond motifs is 3. The minimum absolute atomic E-state index is 0.0181. The first-order valence-electron chi connectivity index (χ1n) is 25.9. The zero-order valence-electron chi connectivity index (χ0n) is 42.6. The second kappa shape index (κ2) is 25.6. The van der Waals surface area contributed by atoms with E-state index in [2.05, 4.69) is 30.9 Å². The summed E-state index contributed by atoms with van der Waals surface area (Å²) in [4.78, 5) is 46.7. The van der Waals surface area contributed by atoms with Crippen LogP contribution in [0, 0.1) is 38.0 Å². The average Bonchev–Trinajstić information content (AvgIpc) is 4.01. The van der Waals surface area contributed by atoms with Gasteiger partial charge in [-0.3, -0.25) is 25.0 Å². The summed E-state index contributed by atoms with van der Waals surface area (Å²) in [5.74, 6) is -0.109. The van der Waals surface area contributed by atoms with Crippen molar-refractivity contribution in [2.75, 3.05) is 39.0 Å². The van der Waals surface area contributed by atoms with Crippen molar-refractivity contribution in [1.82, 2.24) is 4.90 Å². The Morgan fingerprint density at radius 3 is 2.27 bits per heavy atom. The molecule has 0 radical (unpaired) electrons. The summed E-state index contributed by atoms with van der Waals surface area (Å²) in [6.45, 7) is 4.66. The van der Waals surface area contributed by atoms with E-state index in [9.17, 15) is 30.4 Å². The Balaban J connectivity index is 1.20. The lowest BCUT2D eigenvalue weighted by molar-refractivity contribution is -0.385. The molecule has 4 aliphatic rings. The number of amides is 1. The molecule has 6 atom stereocenters. The van der Waals surface area contributed by atoms with E-state index in [4.69, 9.17) is 33.7 Å². The maximum absolute atomic E-state index is 15.4. The minimum Gasteiger partial charge on any atom is -0.493 e. The number of rotatable bonds is 26. The van der Waals surface area contributed by atoms with Crippen molar-refractivity contribution >= 4 is 40.8 Å². The van der Waals surface area contributed by atoms with Crippen LogP contribution in [-0.4, -0.2) is 87.4 Å². The summed E-state index contributed by atoms with van der Waals surface area (Å²) >= 11 is 1.70. The third kappa shape index (κ3) is 12.7. The van der Waals surface area contributed by atoms with Crippen LogP contribution in [0.25, 0.3) is 6.08 Å². The molecule has 0 unspecified atom stereocenters. The van der Waals surface area contributed by atoms with E-state index in [-0.39, 0.29) is 75.3 Å². The number of unbranched alkanes of at least 4 members (excludes halogenated alkanes) is 2. The number of non-ortho nitro benzene ring substituents is 2. The second-order valence-corrected chi connectivity index (χ2v) is 20.5. The molecular weight excluding hydrogens is 1000 g/mol. The first kappa shape index (κ1) is 54.3. The number of allylic oxidation sites excluding steroid dienone is 1. The van der Waals surface area contributed by atoms with Crippen LogP contribution in [-0.2, 0) is 27.5 Å². The van der Waals surface area contributed by atoms with Crippen LogP contribution in [0.5, 0.6) is 23.0 Å². The molecule has 9 rings (SSSR count). The molecule has 0 bridgehead atoms. The number of oxime groups is 1. The molecule has 5 aromatic rings. The van der Waals surface area contributed by atoms with Crippen molar-refractivity contribution in [3.8, 4) is 23.0 Å². The van der Waals surface area contributed by atoms with Crippen molar-refractivity contribution in [2.45, 2.75) is 80.7 Å². The highest BCUT2D eigenvalue weighted by Crippen LogP contribution is 2.62. The van der Waals surface area contributed by atoms with E-state index >= 15 is 4.79 Å². The maximum atomic E-state index is 15.4. The van der Waals surface area contributed by atoms with Gasteiger partial charge in [0.15, 0.2) is 11.5 Å². The number of carbonyl (C=O) groups is 1. The number of nitro benzene ring substituents is 2. The molecule has 402 valence electrons. The number of nitro groups is 2.